The number of anilines is 1. The first-order valence-corrected chi connectivity index (χ1v) is 7.22. The lowest BCUT2D eigenvalue weighted by Crippen LogP contribution is -2.24. The van der Waals surface area contributed by atoms with E-state index in [4.69, 9.17) is 5.73 Å². The molecule has 0 radical (unpaired) electrons. The van der Waals surface area contributed by atoms with E-state index in [-0.39, 0.29) is 11.3 Å². The van der Waals surface area contributed by atoms with E-state index in [1.54, 1.807) is 24.3 Å². The fourth-order valence-corrected chi connectivity index (χ4v) is 2.46. The van der Waals surface area contributed by atoms with Gasteiger partial charge in [-0.2, -0.15) is 0 Å². The Morgan fingerprint density at radius 3 is 2.50 bits per heavy atom. The number of hydrogen-bond acceptors (Lipinski definition) is 5. The van der Waals surface area contributed by atoms with Gasteiger partial charge in [-0.05, 0) is 27.6 Å². The number of rotatable bonds is 4. The van der Waals surface area contributed by atoms with E-state index in [0.717, 1.165) is 5.56 Å². The summed E-state index contributed by atoms with van der Waals surface area (Å²) in [7, 11) is 0. The maximum Gasteiger partial charge on any atom is 0.388 e. The summed E-state index contributed by atoms with van der Waals surface area (Å²) in [5.74, 6) is -0.989. The van der Waals surface area contributed by atoms with E-state index in [0.29, 0.717) is 17.4 Å². The van der Waals surface area contributed by atoms with Gasteiger partial charge in [-0.1, -0.05) is 42.5 Å². The van der Waals surface area contributed by atoms with Gasteiger partial charge in [0.1, 0.15) is 5.69 Å². The van der Waals surface area contributed by atoms with Gasteiger partial charge >= 0.3 is 5.82 Å². The Morgan fingerprint density at radius 1 is 1.12 bits per heavy atom. The van der Waals surface area contributed by atoms with Crippen LogP contribution >= 0.6 is 0 Å². The number of aromatic nitrogens is 1. The SMILES string of the molecule is Nc1c([N+](=O)[O-])nc2ccccc2c1C(=O)NCc1ccccc1. The van der Waals surface area contributed by atoms with Crippen LogP contribution in [0.1, 0.15) is 15.9 Å². The van der Waals surface area contributed by atoms with Gasteiger partial charge in [-0.3, -0.25) is 4.79 Å². The molecule has 0 bridgehead atoms. The number of nitrogens with zero attached hydrogens (tertiary/aromatic N) is 2. The highest BCUT2D eigenvalue weighted by Crippen LogP contribution is 2.30. The number of hydrogen-bond donors (Lipinski definition) is 2. The number of nitrogens with one attached hydrogen (secondary N) is 1. The topological polar surface area (TPSA) is 111 Å². The fourth-order valence-electron chi connectivity index (χ4n) is 2.46. The third-order valence-corrected chi connectivity index (χ3v) is 3.61. The smallest absolute Gasteiger partial charge is 0.388 e. The van der Waals surface area contributed by atoms with E-state index in [1.165, 1.54) is 0 Å². The number of benzene rings is 2. The van der Waals surface area contributed by atoms with E-state index in [9.17, 15) is 14.9 Å². The van der Waals surface area contributed by atoms with Crippen LogP contribution in [0, 0.1) is 10.1 Å². The Kier molecular flexibility index (Phi) is 4.07. The quantitative estimate of drug-likeness (QED) is 0.566. The van der Waals surface area contributed by atoms with E-state index in [1.807, 2.05) is 30.3 Å². The molecule has 0 saturated carbocycles. The van der Waals surface area contributed by atoms with Crippen LogP contribution in [-0.4, -0.2) is 15.8 Å². The molecular weight excluding hydrogens is 308 g/mol. The number of fused-ring (bicyclic) bond motifs is 1. The number of nitrogens with two attached hydrogens (primary N) is 1. The Labute approximate surface area is 137 Å². The van der Waals surface area contributed by atoms with Gasteiger partial charge < -0.3 is 21.2 Å². The van der Waals surface area contributed by atoms with Crippen LogP contribution in [0.15, 0.2) is 54.6 Å². The number of carbonyl (C=O) groups is 1. The second-order valence-corrected chi connectivity index (χ2v) is 5.17. The van der Waals surface area contributed by atoms with Crippen LogP contribution in [0.25, 0.3) is 10.9 Å². The van der Waals surface area contributed by atoms with Crippen molar-refractivity contribution in [1.82, 2.24) is 10.3 Å². The molecule has 1 aromatic heterocycles. The zero-order valence-electron chi connectivity index (χ0n) is 12.6. The van der Waals surface area contributed by atoms with Crippen molar-refractivity contribution >= 4 is 28.3 Å². The summed E-state index contributed by atoms with van der Waals surface area (Å²) >= 11 is 0. The molecular formula is C17H14N4O3. The lowest BCUT2D eigenvalue weighted by atomic mass is 10.1. The molecule has 0 aliphatic rings. The molecule has 7 heteroatoms. The van der Waals surface area contributed by atoms with E-state index >= 15 is 0 Å². The van der Waals surface area contributed by atoms with Gasteiger partial charge in [0.15, 0.2) is 5.52 Å². The largest absolute Gasteiger partial charge is 0.391 e. The first kappa shape index (κ1) is 15.4. The summed E-state index contributed by atoms with van der Waals surface area (Å²) in [6.45, 7) is 0.295. The van der Waals surface area contributed by atoms with Crippen molar-refractivity contribution in [2.24, 2.45) is 0 Å². The Bertz CT molecular complexity index is 926. The summed E-state index contributed by atoms with van der Waals surface area (Å²) in [5.41, 5.74) is 6.96. The van der Waals surface area contributed by atoms with Crippen molar-refractivity contribution in [3.05, 3.63) is 75.8 Å². The summed E-state index contributed by atoms with van der Waals surface area (Å²) < 4.78 is 0. The molecule has 0 aliphatic heterocycles. The molecule has 0 fully saturated rings. The molecule has 0 aliphatic carbocycles. The van der Waals surface area contributed by atoms with Gasteiger partial charge in [0.25, 0.3) is 5.91 Å². The van der Waals surface area contributed by atoms with Crippen molar-refractivity contribution in [2.75, 3.05) is 5.73 Å². The minimum Gasteiger partial charge on any atom is -0.391 e. The van der Waals surface area contributed by atoms with Crippen LogP contribution in [0.2, 0.25) is 0 Å². The first-order chi connectivity index (χ1) is 11.6. The highest BCUT2D eigenvalue weighted by molar-refractivity contribution is 6.11. The van der Waals surface area contributed by atoms with Crippen molar-refractivity contribution < 1.29 is 9.72 Å². The summed E-state index contributed by atoms with van der Waals surface area (Å²) in [6.07, 6.45) is 0. The minimum atomic E-state index is -0.685. The average Bonchev–Trinajstić information content (AvgIpc) is 2.60. The van der Waals surface area contributed by atoms with Crippen molar-refractivity contribution in [3.8, 4) is 0 Å². The molecule has 0 atom stereocenters. The molecule has 1 amide bonds. The Hall–Kier alpha value is -3.48. The Balaban J connectivity index is 2.02. The number of nitro groups is 1. The molecule has 3 aromatic rings. The molecule has 2 aromatic carbocycles. The van der Waals surface area contributed by atoms with Crippen molar-refractivity contribution in [2.45, 2.75) is 6.54 Å². The van der Waals surface area contributed by atoms with E-state index in [2.05, 4.69) is 10.3 Å². The third-order valence-electron chi connectivity index (χ3n) is 3.61. The highest BCUT2D eigenvalue weighted by Gasteiger charge is 2.25. The standard InChI is InChI=1S/C17H14N4O3/c18-15-14(17(22)19-10-11-6-2-1-3-7-11)12-8-4-5-9-13(12)20-16(15)21(23)24/h1-9H,10,18H2,(H,19,22). The van der Waals surface area contributed by atoms with Crippen LogP contribution in [0.4, 0.5) is 11.5 Å². The van der Waals surface area contributed by atoms with Crippen LogP contribution in [0.5, 0.6) is 0 Å². The van der Waals surface area contributed by atoms with Crippen molar-refractivity contribution in [3.63, 3.8) is 0 Å². The molecule has 24 heavy (non-hydrogen) atoms. The zero-order chi connectivity index (χ0) is 17.1. The molecule has 0 saturated heterocycles. The molecule has 1 heterocycles. The molecule has 0 unspecified atom stereocenters. The lowest BCUT2D eigenvalue weighted by molar-refractivity contribution is -0.388. The number of nitrogen functional groups attached to an aromatic ring is 1. The summed E-state index contributed by atoms with van der Waals surface area (Å²) in [4.78, 5) is 27.0. The molecule has 120 valence electrons. The predicted molar refractivity (Wildman–Crippen MR) is 90.4 cm³/mol. The first-order valence-electron chi connectivity index (χ1n) is 7.22. The number of amides is 1. The maximum absolute atomic E-state index is 12.6. The maximum atomic E-state index is 12.6. The third kappa shape index (κ3) is 2.87. The van der Waals surface area contributed by atoms with Gasteiger partial charge in [-0.25, -0.2) is 0 Å². The fraction of sp³-hybridized carbons (Fsp3) is 0.0588. The van der Waals surface area contributed by atoms with Gasteiger partial charge in [0.05, 0.1) is 5.56 Å². The molecule has 0 spiro atoms. The predicted octanol–water partition coefficient (Wildman–Crippen LogP) is 2.66. The monoisotopic (exact) mass is 322 g/mol. The van der Waals surface area contributed by atoms with Gasteiger partial charge in [0.2, 0.25) is 0 Å². The molecule has 3 rings (SSSR count). The normalized spacial score (nSPS) is 10.5. The number of para-hydroxylation sites is 1. The van der Waals surface area contributed by atoms with Gasteiger partial charge in [-0.15, -0.1) is 0 Å². The second-order valence-electron chi connectivity index (χ2n) is 5.17. The Morgan fingerprint density at radius 2 is 1.79 bits per heavy atom. The number of carbonyl (C=O) groups excluding carboxylic acids is 1. The minimum absolute atomic E-state index is 0.0724. The zero-order valence-corrected chi connectivity index (χ0v) is 12.6. The summed E-state index contributed by atoms with van der Waals surface area (Å²) in [6, 6.07) is 16.0. The molecule has 3 N–H and O–H groups in total. The van der Waals surface area contributed by atoms with Crippen molar-refractivity contribution in [1.29, 1.82) is 0 Å². The number of pyridine rings is 1. The second kappa shape index (κ2) is 6.33. The highest BCUT2D eigenvalue weighted by atomic mass is 16.6. The van der Waals surface area contributed by atoms with Crippen LogP contribution in [-0.2, 0) is 6.54 Å². The lowest BCUT2D eigenvalue weighted by Gasteiger charge is -2.10. The van der Waals surface area contributed by atoms with Gasteiger partial charge in [0, 0.05) is 11.9 Å². The van der Waals surface area contributed by atoms with Crippen LogP contribution < -0.4 is 11.1 Å². The summed E-state index contributed by atoms with van der Waals surface area (Å²) in [5, 5.41) is 14.4. The van der Waals surface area contributed by atoms with E-state index < -0.39 is 16.6 Å². The van der Waals surface area contributed by atoms with Crippen LogP contribution in [0.3, 0.4) is 0 Å². The average molecular weight is 322 g/mol. The molecule has 7 nitrogen and oxygen atoms in total.